The van der Waals surface area contributed by atoms with Gasteiger partial charge in [-0.15, -0.1) is 0 Å². The van der Waals surface area contributed by atoms with Gasteiger partial charge in [0, 0.05) is 0 Å². The van der Waals surface area contributed by atoms with Crippen LogP contribution in [0, 0.1) is 0 Å². The predicted octanol–water partition coefficient (Wildman–Crippen LogP) is 3.80. The van der Waals surface area contributed by atoms with Gasteiger partial charge in [-0.05, 0) is 36.4 Å². The monoisotopic (exact) mass is 412 g/mol. The second kappa shape index (κ2) is 7.16. The number of nitrogens with one attached hydrogen (secondary N) is 1. The number of amides is 2. The second-order valence-electron chi connectivity index (χ2n) is 6.02. The Bertz CT molecular complexity index is 978. The summed E-state index contributed by atoms with van der Waals surface area (Å²) >= 11 is 5.91. The van der Waals surface area contributed by atoms with Gasteiger partial charge in [0.15, 0.2) is 0 Å². The van der Waals surface area contributed by atoms with E-state index in [0.717, 1.165) is 29.2 Å². The lowest BCUT2D eigenvalue weighted by Gasteiger charge is -2.18. The molecule has 2 aromatic rings. The summed E-state index contributed by atoms with van der Waals surface area (Å²) in [4.78, 5) is 36.8. The average Bonchev–Trinajstić information content (AvgIpc) is 2.89. The summed E-state index contributed by atoms with van der Waals surface area (Å²) in [6, 6.07) is 6.70. The Balaban J connectivity index is 1.87. The Morgan fingerprint density at radius 2 is 1.89 bits per heavy atom. The second-order valence-corrected chi connectivity index (χ2v) is 6.42. The molecule has 1 heterocycles. The molecule has 0 spiro atoms. The van der Waals surface area contributed by atoms with Gasteiger partial charge in [-0.3, -0.25) is 9.59 Å². The van der Waals surface area contributed by atoms with Crippen molar-refractivity contribution in [2.45, 2.75) is 18.6 Å². The van der Waals surface area contributed by atoms with Crippen LogP contribution in [0.1, 0.15) is 22.3 Å². The topological polar surface area (TPSA) is 86.7 Å². The first-order valence-electron chi connectivity index (χ1n) is 7.91. The van der Waals surface area contributed by atoms with E-state index in [1.807, 2.05) is 0 Å². The van der Waals surface area contributed by atoms with Crippen molar-refractivity contribution in [3.8, 4) is 0 Å². The summed E-state index contributed by atoms with van der Waals surface area (Å²) in [7, 11) is 0. The highest BCUT2D eigenvalue weighted by Crippen LogP contribution is 2.35. The zero-order valence-corrected chi connectivity index (χ0v) is 14.7. The van der Waals surface area contributed by atoms with Crippen LogP contribution >= 0.6 is 11.6 Å². The summed E-state index contributed by atoms with van der Waals surface area (Å²) in [6.07, 6.45) is -4.91. The van der Waals surface area contributed by atoms with Gasteiger partial charge in [0.05, 0.1) is 33.9 Å². The molecule has 6 nitrogen and oxygen atoms in total. The van der Waals surface area contributed by atoms with Crippen molar-refractivity contribution < 1.29 is 32.7 Å². The third kappa shape index (κ3) is 3.79. The van der Waals surface area contributed by atoms with Crippen LogP contribution in [0.5, 0.6) is 0 Å². The highest BCUT2D eigenvalue weighted by molar-refractivity contribution is 6.33. The summed E-state index contributed by atoms with van der Waals surface area (Å²) in [5.41, 5.74) is -1.14. The van der Waals surface area contributed by atoms with E-state index < -0.39 is 35.6 Å². The third-order valence-corrected chi connectivity index (χ3v) is 4.45. The fourth-order valence-corrected chi connectivity index (χ4v) is 2.97. The number of carboxylic acid groups (broad SMARTS) is 1. The lowest BCUT2D eigenvalue weighted by molar-refractivity contribution is -0.137. The lowest BCUT2D eigenvalue weighted by atomic mass is 10.1. The number of carbonyl (C=O) groups is 3. The maximum absolute atomic E-state index is 12.9. The molecule has 28 heavy (non-hydrogen) atoms. The molecule has 1 atom stereocenters. The van der Waals surface area contributed by atoms with Crippen LogP contribution in [0.4, 0.5) is 24.5 Å². The number of benzene rings is 2. The van der Waals surface area contributed by atoms with Gasteiger partial charge < -0.3 is 10.4 Å². The van der Waals surface area contributed by atoms with Gasteiger partial charge in [-0.1, -0.05) is 17.7 Å². The number of hydrogen-bond acceptors (Lipinski definition) is 4. The molecule has 0 aliphatic carbocycles. The Morgan fingerprint density at radius 1 is 1.18 bits per heavy atom. The quantitative estimate of drug-likeness (QED) is 0.746. The van der Waals surface area contributed by atoms with E-state index >= 15 is 0 Å². The molecule has 0 radical (unpaired) electrons. The number of anilines is 2. The standard InChI is InChI=1S/C18H12ClF3N2O4/c19-12-5-4-10(18(20,21)22)7-13(12)23-14-8-15(25)24(16(14)26)11-3-1-2-9(6-11)17(27)28/h1-7,14,23H,8H2,(H,27,28). The predicted molar refractivity (Wildman–Crippen MR) is 94.4 cm³/mol. The van der Waals surface area contributed by atoms with E-state index in [-0.39, 0.29) is 28.4 Å². The SMILES string of the molecule is O=C(O)c1cccc(N2C(=O)CC(Nc3cc(C(F)(F)F)ccc3Cl)C2=O)c1. The van der Waals surface area contributed by atoms with Gasteiger partial charge in [-0.2, -0.15) is 13.2 Å². The first-order valence-corrected chi connectivity index (χ1v) is 8.29. The Hall–Kier alpha value is -3.07. The van der Waals surface area contributed by atoms with Gasteiger partial charge in [0.1, 0.15) is 6.04 Å². The van der Waals surface area contributed by atoms with E-state index in [1.165, 1.54) is 18.2 Å². The molecule has 1 aliphatic rings. The molecule has 10 heteroatoms. The zero-order chi connectivity index (χ0) is 20.6. The largest absolute Gasteiger partial charge is 0.478 e. The fourth-order valence-electron chi connectivity index (χ4n) is 2.79. The highest BCUT2D eigenvalue weighted by atomic mass is 35.5. The van der Waals surface area contributed by atoms with E-state index in [2.05, 4.69) is 5.32 Å². The first kappa shape index (κ1) is 19.7. The number of alkyl halides is 3. The normalized spacial score (nSPS) is 17.1. The molecule has 0 aromatic heterocycles. The van der Waals surface area contributed by atoms with Gasteiger partial charge in [0.25, 0.3) is 5.91 Å². The first-order chi connectivity index (χ1) is 13.1. The number of carbonyl (C=O) groups excluding carboxylic acids is 2. The molecule has 0 bridgehead atoms. The third-order valence-electron chi connectivity index (χ3n) is 4.12. The molecule has 0 saturated carbocycles. The van der Waals surface area contributed by atoms with Crippen LogP contribution in [-0.4, -0.2) is 28.9 Å². The molecule has 1 unspecified atom stereocenters. The lowest BCUT2D eigenvalue weighted by Crippen LogP contribution is -2.35. The van der Waals surface area contributed by atoms with Gasteiger partial charge >= 0.3 is 12.1 Å². The maximum Gasteiger partial charge on any atom is 0.416 e. The van der Waals surface area contributed by atoms with Crippen molar-refractivity contribution in [1.82, 2.24) is 0 Å². The number of rotatable bonds is 4. The van der Waals surface area contributed by atoms with Crippen molar-refractivity contribution in [3.63, 3.8) is 0 Å². The molecular weight excluding hydrogens is 401 g/mol. The maximum atomic E-state index is 12.9. The van der Waals surface area contributed by atoms with Crippen molar-refractivity contribution in [1.29, 1.82) is 0 Å². The minimum atomic E-state index is -4.60. The Morgan fingerprint density at radius 3 is 2.54 bits per heavy atom. The fraction of sp³-hybridized carbons (Fsp3) is 0.167. The smallest absolute Gasteiger partial charge is 0.416 e. The summed E-state index contributed by atoms with van der Waals surface area (Å²) in [5, 5.41) is 11.6. The molecule has 1 aliphatic heterocycles. The van der Waals surface area contributed by atoms with Crippen molar-refractivity contribution >= 4 is 40.8 Å². The van der Waals surface area contributed by atoms with Gasteiger partial charge in [0.2, 0.25) is 5.91 Å². The number of hydrogen-bond donors (Lipinski definition) is 2. The molecular formula is C18H12ClF3N2O4. The number of nitrogens with zero attached hydrogens (tertiary/aromatic N) is 1. The van der Waals surface area contributed by atoms with E-state index in [9.17, 15) is 27.6 Å². The van der Waals surface area contributed by atoms with E-state index in [4.69, 9.17) is 16.7 Å². The molecule has 2 aromatic carbocycles. The Kier molecular flexibility index (Phi) is 5.03. The number of aromatic carboxylic acids is 1. The van der Waals surface area contributed by atoms with E-state index in [0.29, 0.717) is 0 Å². The number of imide groups is 1. The molecule has 1 fully saturated rings. The van der Waals surface area contributed by atoms with Crippen molar-refractivity contribution in [2.24, 2.45) is 0 Å². The minimum absolute atomic E-state index is 0.0421. The van der Waals surface area contributed by atoms with Crippen molar-refractivity contribution in [2.75, 3.05) is 10.2 Å². The summed E-state index contributed by atoms with van der Waals surface area (Å²) in [5.74, 6) is -2.57. The van der Waals surface area contributed by atoms with Crippen LogP contribution in [0.15, 0.2) is 42.5 Å². The van der Waals surface area contributed by atoms with Gasteiger partial charge in [-0.25, -0.2) is 9.69 Å². The van der Waals surface area contributed by atoms with Crippen LogP contribution in [-0.2, 0) is 15.8 Å². The van der Waals surface area contributed by atoms with Crippen LogP contribution in [0.2, 0.25) is 5.02 Å². The molecule has 3 rings (SSSR count). The Labute approximate surface area is 161 Å². The van der Waals surface area contributed by atoms with Crippen LogP contribution in [0.3, 0.4) is 0 Å². The van der Waals surface area contributed by atoms with E-state index in [1.54, 1.807) is 0 Å². The molecule has 1 saturated heterocycles. The molecule has 2 N–H and O–H groups in total. The average molecular weight is 413 g/mol. The summed E-state index contributed by atoms with van der Waals surface area (Å²) in [6.45, 7) is 0. The number of halogens is 4. The molecule has 146 valence electrons. The molecule has 2 amide bonds. The van der Waals surface area contributed by atoms with Crippen LogP contribution < -0.4 is 10.2 Å². The highest BCUT2D eigenvalue weighted by Gasteiger charge is 2.40. The number of carboxylic acids is 1. The summed E-state index contributed by atoms with van der Waals surface area (Å²) < 4.78 is 38.7. The minimum Gasteiger partial charge on any atom is -0.478 e. The van der Waals surface area contributed by atoms with Crippen molar-refractivity contribution in [3.05, 3.63) is 58.6 Å². The zero-order valence-electron chi connectivity index (χ0n) is 14.0. The van der Waals surface area contributed by atoms with Crippen LogP contribution in [0.25, 0.3) is 0 Å².